The molecule has 2 N–H and O–H groups in total. The number of halogens is 4. The molecule has 1 atom stereocenters. The molecule has 0 spiro atoms. The van der Waals surface area contributed by atoms with Crippen LogP contribution in [0.2, 0.25) is 0 Å². The number of nitrogens with one attached hydrogen (secondary N) is 2. The zero-order valence-electron chi connectivity index (χ0n) is 16.1. The predicted octanol–water partition coefficient (Wildman–Crippen LogP) is 2.85. The lowest BCUT2D eigenvalue weighted by molar-refractivity contribution is -0.143. The van der Waals surface area contributed by atoms with Gasteiger partial charge in [0.05, 0.1) is 6.54 Å². The molecular weight excluding hydrogens is 472 g/mol. The third-order valence-corrected chi connectivity index (χ3v) is 4.10. The molecule has 2 heterocycles. The highest BCUT2D eigenvalue weighted by Gasteiger charge is 2.34. The highest BCUT2D eigenvalue weighted by molar-refractivity contribution is 14.0. The summed E-state index contributed by atoms with van der Waals surface area (Å²) in [6.07, 6.45) is 0.222. The molecule has 1 aliphatic rings. The van der Waals surface area contributed by atoms with Gasteiger partial charge in [-0.3, -0.25) is 4.90 Å². The summed E-state index contributed by atoms with van der Waals surface area (Å²) in [5.74, 6) is 2.00. The Bertz CT molecular complexity index is 587. The van der Waals surface area contributed by atoms with Crippen molar-refractivity contribution in [3.8, 4) is 0 Å². The molecule has 0 bridgehead atoms. The molecule has 156 valence electrons. The molecule has 0 aromatic carbocycles. The van der Waals surface area contributed by atoms with E-state index in [0.717, 1.165) is 12.4 Å². The minimum absolute atomic E-state index is 0. The van der Waals surface area contributed by atoms with E-state index in [1.165, 1.54) is 4.90 Å². The number of alkyl halides is 3. The minimum Gasteiger partial charge on any atom is -0.357 e. The van der Waals surface area contributed by atoms with Gasteiger partial charge < -0.3 is 15.2 Å². The maximum absolute atomic E-state index is 12.5. The average molecular weight is 502 g/mol. The van der Waals surface area contributed by atoms with E-state index in [-0.39, 0.29) is 30.0 Å². The summed E-state index contributed by atoms with van der Waals surface area (Å²) in [6, 6.07) is -0.0365. The zero-order chi connectivity index (χ0) is 19.2. The summed E-state index contributed by atoms with van der Waals surface area (Å²) in [5.41, 5.74) is 0. The molecule has 6 nitrogen and oxygen atoms in total. The predicted molar refractivity (Wildman–Crippen MR) is 111 cm³/mol. The van der Waals surface area contributed by atoms with Gasteiger partial charge in [-0.15, -0.1) is 24.0 Å². The van der Waals surface area contributed by atoms with Crippen molar-refractivity contribution in [1.29, 1.82) is 0 Å². The molecule has 2 rings (SSSR count). The van der Waals surface area contributed by atoms with Gasteiger partial charge in [0.15, 0.2) is 5.96 Å². The molecule has 0 saturated carbocycles. The fourth-order valence-electron chi connectivity index (χ4n) is 3.06. The molecule has 0 radical (unpaired) electrons. The lowest BCUT2D eigenvalue weighted by atomic mass is 10.2. The van der Waals surface area contributed by atoms with Crippen LogP contribution in [0.1, 0.15) is 33.0 Å². The van der Waals surface area contributed by atoms with Crippen LogP contribution in [0.4, 0.5) is 13.2 Å². The van der Waals surface area contributed by atoms with E-state index < -0.39 is 12.7 Å². The van der Waals surface area contributed by atoms with Crippen LogP contribution in [-0.2, 0) is 13.1 Å². The van der Waals surface area contributed by atoms with Crippen LogP contribution >= 0.6 is 24.0 Å². The van der Waals surface area contributed by atoms with Crippen molar-refractivity contribution in [3.05, 3.63) is 18.2 Å². The number of aromatic nitrogens is 2. The second kappa shape index (κ2) is 11.1. The molecule has 1 aromatic rings. The van der Waals surface area contributed by atoms with Gasteiger partial charge in [-0.2, -0.15) is 13.2 Å². The lowest BCUT2D eigenvalue weighted by Gasteiger charge is -2.19. The van der Waals surface area contributed by atoms with Crippen LogP contribution in [0.5, 0.6) is 0 Å². The maximum atomic E-state index is 12.5. The van der Waals surface area contributed by atoms with Crippen LogP contribution in [-0.4, -0.2) is 58.8 Å². The van der Waals surface area contributed by atoms with Crippen molar-refractivity contribution in [3.63, 3.8) is 0 Å². The van der Waals surface area contributed by atoms with E-state index in [9.17, 15) is 13.2 Å². The first kappa shape index (κ1) is 24.0. The minimum atomic E-state index is -4.15. The number of rotatable bonds is 7. The van der Waals surface area contributed by atoms with Crippen LogP contribution in [0, 0.1) is 5.92 Å². The number of aliphatic imine (C=N–C) groups is 1. The van der Waals surface area contributed by atoms with Gasteiger partial charge in [0.25, 0.3) is 0 Å². The third-order valence-electron chi connectivity index (χ3n) is 4.10. The Labute approximate surface area is 176 Å². The molecule has 1 aliphatic heterocycles. The van der Waals surface area contributed by atoms with E-state index in [0.29, 0.717) is 44.5 Å². The summed E-state index contributed by atoms with van der Waals surface area (Å²) in [6.45, 7) is 8.19. The van der Waals surface area contributed by atoms with E-state index >= 15 is 0 Å². The SMILES string of the molecule is CCNC(=NCc1nccn1CC(C)C)NC1CCN(CC(F)(F)F)C1.I. The fourth-order valence-corrected chi connectivity index (χ4v) is 3.06. The normalized spacial score (nSPS) is 18.6. The van der Waals surface area contributed by atoms with E-state index in [1.54, 1.807) is 6.20 Å². The van der Waals surface area contributed by atoms with Crippen molar-refractivity contribution < 1.29 is 13.2 Å². The molecule has 1 fully saturated rings. The van der Waals surface area contributed by atoms with Gasteiger partial charge in [-0.05, 0) is 19.3 Å². The second-order valence-corrected chi connectivity index (χ2v) is 7.07. The summed E-state index contributed by atoms with van der Waals surface area (Å²) in [7, 11) is 0. The summed E-state index contributed by atoms with van der Waals surface area (Å²) in [4.78, 5) is 10.3. The first-order valence-corrected chi connectivity index (χ1v) is 9.10. The number of hydrogen-bond donors (Lipinski definition) is 2. The third kappa shape index (κ3) is 8.67. The van der Waals surface area contributed by atoms with Crippen molar-refractivity contribution in [2.24, 2.45) is 10.9 Å². The molecule has 0 amide bonds. The van der Waals surface area contributed by atoms with Gasteiger partial charge in [0.1, 0.15) is 12.4 Å². The molecular formula is C17H30F3IN6. The van der Waals surface area contributed by atoms with Gasteiger partial charge in [0.2, 0.25) is 0 Å². The number of hydrogen-bond acceptors (Lipinski definition) is 3. The fraction of sp³-hybridized carbons (Fsp3) is 0.765. The van der Waals surface area contributed by atoms with Crippen LogP contribution < -0.4 is 10.6 Å². The second-order valence-electron chi connectivity index (χ2n) is 7.07. The first-order chi connectivity index (χ1) is 12.3. The molecule has 0 aliphatic carbocycles. The topological polar surface area (TPSA) is 57.5 Å². The van der Waals surface area contributed by atoms with Gasteiger partial charge in [0, 0.05) is 44.6 Å². The average Bonchev–Trinajstić information content (AvgIpc) is 3.12. The standard InChI is InChI=1S/C17H29F3N6.HI/c1-4-21-16(23-9-15-22-6-8-26(15)10-13(2)3)24-14-5-7-25(11-14)12-17(18,19)20;/h6,8,13-14H,4-5,7,9-12H2,1-3H3,(H2,21,23,24);1H. The molecule has 1 unspecified atom stereocenters. The Morgan fingerprint density at radius 2 is 2.15 bits per heavy atom. The highest BCUT2D eigenvalue weighted by Crippen LogP contribution is 2.19. The number of guanidine groups is 1. The Morgan fingerprint density at radius 1 is 1.41 bits per heavy atom. The summed E-state index contributed by atoms with van der Waals surface area (Å²) in [5, 5.41) is 6.40. The Morgan fingerprint density at radius 3 is 2.78 bits per heavy atom. The maximum Gasteiger partial charge on any atom is 0.401 e. The number of imidazole rings is 1. The Kier molecular flexibility index (Phi) is 9.85. The molecule has 1 aromatic heterocycles. The first-order valence-electron chi connectivity index (χ1n) is 9.10. The smallest absolute Gasteiger partial charge is 0.357 e. The number of likely N-dealkylation sites (tertiary alicyclic amines) is 1. The monoisotopic (exact) mass is 502 g/mol. The molecule has 1 saturated heterocycles. The Balaban J connectivity index is 0.00000364. The van der Waals surface area contributed by atoms with Gasteiger partial charge >= 0.3 is 6.18 Å². The van der Waals surface area contributed by atoms with Crippen LogP contribution in [0.15, 0.2) is 17.4 Å². The van der Waals surface area contributed by atoms with E-state index in [4.69, 9.17) is 0 Å². The molecule has 10 heteroatoms. The van der Waals surface area contributed by atoms with Gasteiger partial charge in [-0.1, -0.05) is 13.8 Å². The van der Waals surface area contributed by atoms with Crippen molar-refractivity contribution in [2.45, 2.75) is 52.5 Å². The summed E-state index contributed by atoms with van der Waals surface area (Å²) < 4.78 is 39.6. The highest BCUT2D eigenvalue weighted by atomic mass is 127. The largest absolute Gasteiger partial charge is 0.401 e. The molecule has 27 heavy (non-hydrogen) atoms. The van der Waals surface area contributed by atoms with Crippen LogP contribution in [0.3, 0.4) is 0 Å². The quantitative estimate of drug-likeness (QED) is 0.342. The lowest BCUT2D eigenvalue weighted by Crippen LogP contribution is -2.45. The van der Waals surface area contributed by atoms with Gasteiger partial charge in [-0.25, -0.2) is 9.98 Å². The van der Waals surface area contributed by atoms with Crippen molar-refractivity contribution in [2.75, 3.05) is 26.2 Å². The van der Waals surface area contributed by atoms with E-state index in [1.807, 2.05) is 13.1 Å². The summed E-state index contributed by atoms with van der Waals surface area (Å²) >= 11 is 0. The van der Waals surface area contributed by atoms with E-state index in [2.05, 4.69) is 39.0 Å². The zero-order valence-corrected chi connectivity index (χ0v) is 18.4. The van der Waals surface area contributed by atoms with Crippen molar-refractivity contribution in [1.82, 2.24) is 25.1 Å². The van der Waals surface area contributed by atoms with Crippen molar-refractivity contribution >= 4 is 29.9 Å². The number of nitrogens with zero attached hydrogens (tertiary/aromatic N) is 4. The van der Waals surface area contributed by atoms with Crippen LogP contribution in [0.25, 0.3) is 0 Å². The Hall–Kier alpha value is -1.04.